The van der Waals surface area contributed by atoms with E-state index in [1.54, 1.807) is 17.4 Å². The highest BCUT2D eigenvalue weighted by Gasteiger charge is 2.16. The van der Waals surface area contributed by atoms with Crippen LogP contribution in [0.5, 0.6) is 0 Å². The average Bonchev–Trinajstić information content (AvgIpc) is 2.67. The molecule has 0 radical (unpaired) electrons. The summed E-state index contributed by atoms with van der Waals surface area (Å²) in [6.45, 7) is 0. The highest BCUT2D eigenvalue weighted by atomic mass is 79.9. The molecule has 1 heterocycles. The second kappa shape index (κ2) is 5.17. The van der Waals surface area contributed by atoms with E-state index in [4.69, 9.17) is 11.6 Å². The number of alkyl halides is 1. The minimum atomic E-state index is -0.269. The summed E-state index contributed by atoms with van der Waals surface area (Å²) < 4.78 is 13.9. The molecule has 0 amide bonds. The van der Waals surface area contributed by atoms with Gasteiger partial charge in [-0.25, -0.2) is 4.39 Å². The summed E-state index contributed by atoms with van der Waals surface area (Å²) in [7, 11) is 0. The molecule has 2 rings (SSSR count). The standard InChI is InChI=1S/C11H6Br2ClFS/c12-7-2-1-6(5-9(7)15)10(13)11-8(14)3-4-16-11/h1-5,10H. The third kappa shape index (κ3) is 2.50. The van der Waals surface area contributed by atoms with Crippen molar-refractivity contribution in [3.63, 3.8) is 0 Å². The molecule has 1 aromatic heterocycles. The van der Waals surface area contributed by atoms with Crippen LogP contribution in [-0.4, -0.2) is 0 Å². The van der Waals surface area contributed by atoms with Crippen LogP contribution in [0, 0.1) is 5.82 Å². The lowest BCUT2D eigenvalue weighted by molar-refractivity contribution is 0.619. The van der Waals surface area contributed by atoms with Gasteiger partial charge < -0.3 is 0 Å². The summed E-state index contributed by atoms with van der Waals surface area (Å²) in [5.41, 5.74) is 0.852. The van der Waals surface area contributed by atoms with Crippen LogP contribution in [0.2, 0.25) is 5.02 Å². The Labute approximate surface area is 119 Å². The van der Waals surface area contributed by atoms with Gasteiger partial charge in [-0.3, -0.25) is 0 Å². The first kappa shape index (κ1) is 12.6. The molecule has 0 fully saturated rings. The van der Waals surface area contributed by atoms with Crippen molar-refractivity contribution >= 4 is 54.8 Å². The number of hydrogen-bond acceptors (Lipinski definition) is 1. The van der Waals surface area contributed by atoms with E-state index in [0.717, 1.165) is 10.4 Å². The lowest BCUT2D eigenvalue weighted by Gasteiger charge is -2.09. The molecular formula is C11H6Br2ClFS. The molecule has 5 heteroatoms. The monoisotopic (exact) mass is 382 g/mol. The fourth-order valence-electron chi connectivity index (χ4n) is 1.31. The van der Waals surface area contributed by atoms with Crippen molar-refractivity contribution in [3.8, 4) is 0 Å². The summed E-state index contributed by atoms with van der Waals surface area (Å²) >= 11 is 14.2. The molecule has 0 aliphatic heterocycles. The molecule has 0 nitrogen and oxygen atoms in total. The van der Waals surface area contributed by atoms with E-state index in [1.165, 1.54) is 6.07 Å². The molecule has 1 aromatic carbocycles. The van der Waals surface area contributed by atoms with Crippen molar-refractivity contribution in [1.29, 1.82) is 0 Å². The SMILES string of the molecule is Fc1cc(C(Br)c2sccc2Cl)ccc1Br. The van der Waals surface area contributed by atoms with Crippen molar-refractivity contribution in [2.75, 3.05) is 0 Å². The Hall–Kier alpha value is 0.1000. The van der Waals surface area contributed by atoms with Crippen LogP contribution in [0.1, 0.15) is 15.3 Å². The van der Waals surface area contributed by atoms with Gasteiger partial charge in [-0.1, -0.05) is 33.6 Å². The predicted molar refractivity (Wildman–Crippen MR) is 74.2 cm³/mol. The molecule has 84 valence electrons. The molecule has 0 N–H and O–H groups in total. The van der Waals surface area contributed by atoms with Crippen LogP contribution in [0.25, 0.3) is 0 Å². The zero-order valence-electron chi connectivity index (χ0n) is 7.88. The summed E-state index contributed by atoms with van der Waals surface area (Å²) in [5, 5.41) is 2.62. The van der Waals surface area contributed by atoms with E-state index in [0.29, 0.717) is 9.50 Å². The normalized spacial score (nSPS) is 12.8. The van der Waals surface area contributed by atoms with E-state index in [2.05, 4.69) is 31.9 Å². The summed E-state index contributed by atoms with van der Waals surface area (Å²) in [4.78, 5) is 0.922. The fourth-order valence-corrected chi connectivity index (χ4v) is 3.71. The summed E-state index contributed by atoms with van der Waals surface area (Å²) in [6, 6.07) is 6.90. The fraction of sp³-hybridized carbons (Fsp3) is 0.0909. The smallest absolute Gasteiger partial charge is 0.137 e. The van der Waals surface area contributed by atoms with Crippen molar-refractivity contribution in [2.45, 2.75) is 4.83 Å². The van der Waals surface area contributed by atoms with Crippen LogP contribution in [-0.2, 0) is 0 Å². The molecule has 0 spiro atoms. The molecular weight excluding hydrogens is 378 g/mol. The highest BCUT2D eigenvalue weighted by Crippen LogP contribution is 2.39. The molecule has 0 saturated carbocycles. The van der Waals surface area contributed by atoms with Gasteiger partial charge in [0.1, 0.15) is 5.82 Å². The quantitative estimate of drug-likeness (QED) is 0.575. The van der Waals surface area contributed by atoms with E-state index < -0.39 is 0 Å². The van der Waals surface area contributed by atoms with Gasteiger partial charge in [-0.05, 0) is 45.1 Å². The first-order valence-corrected chi connectivity index (χ1v) is 7.38. The summed E-state index contributed by atoms with van der Waals surface area (Å²) in [5.74, 6) is -0.269. The number of rotatable bonds is 2. The van der Waals surface area contributed by atoms with Gasteiger partial charge in [0.05, 0.1) is 14.3 Å². The molecule has 0 saturated heterocycles. The largest absolute Gasteiger partial charge is 0.206 e. The Bertz CT molecular complexity index is 512. The maximum Gasteiger partial charge on any atom is 0.137 e. The molecule has 1 atom stereocenters. The molecule has 2 aromatic rings. The van der Waals surface area contributed by atoms with Gasteiger partial charge in [-0.15, -0.1) is 11.3 Å². The van der Waals surface area contributed by atoms with Crippen LogP contribution in [0.4, 0.5) is 4.39 Å². The van der Waals surface area contributed by atoms with E-state index in [-0.39, 0.29) is 10.6 Å². The maximum atomic E-state index is 13.4. The number of hydrogen-bond donors (Lipinski definition) is 0. The Morgan fingerprint density at radius 3 is 2.62 bits per heavy atom. The lowest BCUT2D eigenvalue weighted by Crippen LogP contribution is -1.91. The van der Waals surface area contributed by atoms with Crippen LogP contribution in [0.3, 0.4) is 0 Å². The lowest BCUT2D eigenvalue weighted by atomic mass is 10.1. The molecule has 1 unspecified atom stereocenters. The van der Waals surface area contributed by atoms with Crippen molar-refractivity contribution in [3.05, 3.63) is 55.4 Å². The van der Waals surface area contributed by atoms with Gasteiger partial charge in [0.25, 0.3) is 0 Å². The van der Waals surface area contributed by atoms with E-state index in [1.807, 2.05) is 17.5 Å². The van der Waals surface area contributed by atoms with Gasteiger partial charge >= 0.3 is 0 Å². The van der Waals surface area contributed by atoms with Gasteiger partial charge in [0.2, 0.25) is 0 Å². The van der Waals surface area contributed by atoms with Crippen LogP contribution < -0.4 is 0 Å². The van der Waals surface area contributed by atoms with Gasteiger partial charge in [-0.2, -0.15) is 0 Å². The molecule has 0 aliphatic carbocycles. The zero-order valence-corrected chi connectivity index (χ0v) is 12.6. The third-order valence-corrected chi connectivity index (χ3v) is 5.47. The van der Waals surface area contributed by atoms with Crippen molar-refractivity contribution < 1.29 is 4.39 Å². The van der Waals surface area contributed by atoms with Crippen LogP contribution >= 0.6 is 54.8 Å². The molecule has 0 aliphatic rings. The van der Waals surface area contributed by atoms with E-state index >= 15 is 0 Å². The number of halogens is 4. The van der Waals surface area contributed by atoms with E-state index in [9.17, 15) is 4.39 Å². The molecule has 16 heavy (non-hydrogen) atoms. The second-order valence-corrected chi connectivity index (χ2v) is 6.29. The van der Waals surface area contributed by atoms with Crippen LogP contribution in [0.15, 0.2) is 34.1 Å². The minimum Gasteiger partial charge on any atom is -0.206 e. The first-order valence-electron chi connectivity index (χ1n) is 4.41. The first-order chi connectivity index (χ1) is 7.59. The van der Waals surface area contributed by atoms with Gasteiger partial charge in [0, 0.05) is 4.88 Å². The maximum absolute atomic E-state index is 13.4. The van der Waals surface area contributed by atoms with Crippen molar-refractivity contribution in [1.82, 2.24) is 0 Å². The highest BCUT2D eigenvalue weighted by molar-refractivity contribution is 9.10. The Balaban J connectivity index is 2.38. The Kier molecular flexibility index (Phi) is 4.06. The third-order valence-electron chi connectivity index (χ3n) is 2.11. The number of thiophene rings is 1. The zero-order chi connectivity index (χ0) is 11.7. The second-order valence-electron chi connectivity index (χ2n) is 3.17. The average molecular weight is 384 g/mol. The number of benzene rings is 1. The van der Waals surface area contributed by atoms with Gasteiger partial charge in [0.15, 0.2) is 0 Å². The Morgan fingerprint density at radius 2 is 2.06 bits per heavy atom. The molecule has 0 bridgehead atoms. The Morgan fingerprint density at radius 1 is 1.31 bits per heavy atom. The summed E-state index contributed by atoms with van der Waals surface area (Å²) in [6.07, 6.45) is 0. The predicted octanol–water partition coefficient (Wildman–Crippen LogP) is 5.79. The minimum absolute atomic E-state index is 0.0670. The van der Waals surface area contributed by atoms with Crippen molar-refractivity contribution in [2.24, 2.45) is 0 Å². The topological polar surface area (TPSA) is 0 Å².